The first-order valence-electron chi connectivity index (χ1n) is 3.94. The fourth-order valence-corrected chi connectivity index (χ4v) is 1.21. The van der Waals surface area contributed by atoms with Gasteiger partial charge in [0.2, 0.25) is 0 Å². The molecule has 0 saturated carbocycles. The van der Waals surface area contributed by atoms with Crippen LogP contribution in [0.25, 0.3) is 0 Å². The highest BCUT2D eigenvalue weighted by atomic mass is 35.5. The SMILES string of the molecule is CC(Cl)CCc1cccn1C. The zero-order chi connectivity index (χ0) is 8.27. The van der Waals surface area contributed by atoms with Gasteiger partial charge < -0.3 is 4.57 Å². The van der Waals surface area contributed by atoms with E-state index < -0.39 is 0 Å². The smallest absolute Gasteiger partial charge is 0.0311 e. The summed E-state index contributed by atoms with van der Waals surface area (Å²) in [6, 6.07) is 4.20. The summed E-state index contributed by atoms with van der Waals surface area (Å²) in [5.74, 6) is 0. The molecule has 0 amide bonds. The summed E-state index contributed by atoms with van der Waals surface area (Å²) < 4.78 is 2.14. The van der Waals surface area contributed by atoms with E-state index in [0.29, 0.717) is 0 Å². The number of aromatic nitrogens is 1. The van der Waals surface area contributed by atoms with Crippen molar-refractivity contribution >= 4 is 11.6 Å². The third kappa shape index (κ3) is 2.58. The lowest BCUT2D eigenvalue weighted by molar-refractivity contribution is 0.738. The van der Waals surface area contributed by atoms with E-state index in [4.69, 9.17) is 11.6 Å². The van der Waals surface area contributed by atoms with Crippen LogP contribution >= 0.6 is 11.6 Å². The largest absolute Gasteiger partial charge is 0.354 e. The summed E-state index contributed by atoms with van der Waals surface area (Å²) in [5.41, 5.74) is 1.36. The van der Waals surface area contributed by atoms with E-state index in [1.165, 1.54) is 5.69 Å². The van der Waals surface area contributed by atoms with E-state index in [1.54, 1.807) is 0 Å². The van der Waals surface area contributed by atoms with E-state index in [0.717, 1.165) is 12.8 Å². The number of hydrogen-bond acceptors (Lipinski definition) is 0. The van der Waals surface area contributed by atoms with Gasteiger partial charge in [0, 0.05) is 24.3 Å². The van der Waals surface area contributed by atoms with Crippen molar-refractivity contribution in [3.05, 3.63) is 24.0 Å². The number of halogens is 1. The van der Waals surface area contributed by atoms with Crippen LogP contribution in [0.4, 0.5) is 0 Å². The second kappa shape index (κ2) is 3.82. The first-order valence-corrected chi connectivity index (χ1v) is 4.38. The molecule has 1 unspecified atom stereocenters. The summed E-state index contributed by atoms with van der Waals surface area (Å²) in [7, 11) is 2.06. The second-order valence-electron chi connectivity index (χ2n) is 2.93. The Labute approximate surface area is 73.0 Å². The fourth-order valence-electron chi connectivity index (χ4n) is 1.10. The van der Waals surface area contributed by atoms with Gasteiger partial charge in [-0.3, -0.25) is 0 Å². The van der Waals surface area contributed by atoms with E-state index in [1.807, 2.05) is 6.92 Å². The van der Waals surface area contributed by atoms with Crippen molar-refractivity contribution in [2.45, 2.75) is 25.1 Å². The van der Waals surface area contributed by atoms with Crippen molar-refractivity contribution in [3.8, 4) is 0 Å². The van der Waals surface area contributed by atoms with Gasteiger partial charge in [0.1, 0.15) is 0 Å². The Morgan fingerprint density at radius 2 is 2.36 bits per heavy atom. The maximum absolute atomic E-state index is 5.84. The Morgan fingerprint density at radius 3 is 2.82 bits per heavy atom. The summed E-state index contributed by atoms with van der Waals surface area (Å²) in [6.45, 7) is 2.03. The maximum atomic E-state index is 5.84. The van der Waals surface area contributed by atoms with Gasteiger partial charge >= 0.3 is 0 Å². The molecule has 0 N–H and O–H groups in total. The van der Waals surface area contributed by atoms with E-state index >= 15 is 0 Å². The van der Waals surface area contributed by atoms with Crippen LogP contribution in [0.3, 0.4) is 0 Å². The summed E-state index contributed by atoms with van der Waals surface area (Å²) >= 11 is 5.84. The summed E-state index contributed by atoms with van der Waals surface area (Å²) in [6.07, 6.45) is 4.20. The van der Waals surface area contributed by atoms with E-state index in [2.05, 4.69) is 29.9 Å². The zero-order valence-corrected chi connectivity index (χ0v) is 7.80. The molecule has 0 fully saturated rings. The Balaban J connectivity index is 2.44. The van der Waals surface area contributed by atoms with Gasteiger partial charge in [-0.15, -0.1) is 11.6 Å². The van der Waals surface area contributed by atoms with Gasteiger partial charge in [-0.25, -0.2) is 0 Å². The average Bonchev–Trinajstić information content (AvgIpc) is 2.31. The highest BCUT2D eigenvalue weighted by molar-refractivity contribution is 6.20. The molecule has 1 heterocycles. The normalized spacial score (nSPS) is 13.4. The van der Waals surface area contributed by atoms with Gasteiger partial charge in [0.15, 0.2) is 0 Å². The number of aryl methyl sites for hydroxylation is 2. The molecule has 1 atom stereocenters. The van der Waals surface area contributed by atoms with Crippen LogP contribution < -0.4 is 0 Å². The van der Waals surface area contributed by atoms with Crippen molar-refractivity contribution in [2.75, 3.05) is 0 Å². The predicted octanol–water partition coefficient (Wildman–Crippen LogP) is 2.59. The van der Waals surface area contributed by atoms with Crippen LogP contribution in [0.15, 0.2) is 18.3 Å². The maximum Gasteiger partial charge on any atom is 0.0311 e. The Hall–Kier alpha value is -0.430. The third-order valence-corrected chi connectivity index (χ3v) is 2.07. The first kappa shape index (κ1) is 8.66. The summed E-state index contributed by atoms with van der Waals surface area (Å²) in [4.78, 5) is 0. The summed E-state index contributed by atoms with van der Waals surface area (Å²) in [5, 5.41) is 0.282. The molecular weight excluding hydrogens is 158 g/mol. The Kier molecular flexibility index (Phi) is 3.01. The molecule has 0 spiro atoms. The molecular formula is C9H14ClN. The van der Waals surface area contributed by atoms with Gasteiger partial charge in [0.05, 0.1) is 0 Å². The Morgan fingerprint density at radius 1 is 1.64 bits per heavy atom. The molecule has 0 saturated heterocycles. The van der Waals surface area contributed by atoms with Gasteiger partial charge in [-0.05, 0) is 31.9 Å². The monoisotopic (exact) mass is 171 g/mol. The molecule has 62 valence electrons. The fraction of sp³-hybridized carbons (Fsp3) is 0.556. The number of nitrogens with zero attached hydrogens (tertiary/aromatic N) is 1. The van der Waals surface area contributed by atoms with Crippen molar-refractivity contribution in [1.29, 1.82) is 0 Å². The highest BCUT2D eigenvalue weighted by Gasteiger charge is 1.99. The van der Waals surface area contributed by atoms with E-state index in [-0.39, 0.29) is 5.38 Å². The van der Waals surface area contributed by atoms with Crippen LogP contribution in [0.5, 0.6) is 0 Å². The second-order valence-corrected chi connectivity index (χ2v) is 3.67. The number of hydrogen-bond donors (Lipinski definition) is 0. The van der Waals surface area contributed by atoms with Crippen molar-refractivity contribution < 1.29 is 0 Å². The molecule has 0 aliphatic carbocycles. The molecule has 0 aromatic carbocycles. The molecule has 2 heteroatoms. The van der Waals surface area contributed by atoms with Gasteiger partial charge in [-0.1, -0.05) is 0 Å². The molecule has 0 bridgehead atoms. The lowest BCUT2D eigenvalue weighted by Gasteiger charge is -2.03. The van der Waals surface area contributed by atoms with Crippen molar-refractivity contribution in [2.24, 2.45) is 7.05 Å². The van der Waals surface area contributed by atoms with Crippen molar-refractivity contribution in [1.82, 2.24) is 4.57 Å². The van der Waals surface area contributed by atoms with Crippen LogP contribution in [0, 0.1) is 0 Å². The predicted molar refractivity (Wildman–Crippen MR) is 49.0 cm³/mol. The minimum atomic E-state index is 0.282. The number of alkyl halides is 1. The first-order chi connectivity index (χ1) is 5.20. The average molecular weight is 172 g/mol. The van der Waals surface area contributed by atoms with Gasteiger partial charge in [-0.2, -0.15) is 0 Å². The molecule has 1 rings (SSSR count). The molecule has 0 aliphatic heterocycles. The quantitative estimate of drug-likeness (QED) is 0.617. The van der Waals surface area contributed by atoms with Crippen molar-refractivity contribution in [3.63, 3.8) is 0 Å². The van der Waals surface area contributed by atoms with Crippen LogP contribution in [0.2, 0.25) is 0 Å². The third-order valence-electron chi connectivity index (χ3n) is 1.85. The van der Waals surface area contributed by atoms with E-state index in [9.17, 15) is 0 Å². The minimum absolute atomic E-state index is 0.282. The highest BCUT2D eigenvalue weighted by Crippen LogP contribution is 2.08. The Bertz CT molecular complexity index is 215. The molecule has 0 radical (unpaired) electrons. The molecule has 1 aromatic rings. The van der Waals surface area contributed by atoms with Crippen LogP contribution in [-0.4, -0.2) is 9.94 Å². The molecule has 1 aromatic heterocycles. The van der Waals surface area contributed by atoms with Crippen LogP contribution in [-0.2, 0) is 13.5 Å². The lowest BCUT2D eigenvalue weighted by atomic mass is 10.2. The minimum Gasteiger partial charge on any atom is -0.354 e. The standard InChI is InChI=1S/C9H14ClN/c1-8(10)5-6-9-4-3-7-11(9)2/h3-4,7-8H,5-6H2,1-2H3. The molecule has 0 aliphatic rings. The molecule has 1 nitrogen and oxygen atoms in total. The van der Waals surface area contributed by atoms with Gasteiger partial charge in [0.25, 0.3) is 0 Å². The lowest BCUT2D eigenvalue weighted by Crippen LogP contribution is -1.99. The topological polar surface area (TPSA) is 4.93 Å². The zero-order valence-electron chi connectivity index (χ0n) is 7.05. The van der Waals surface area contributed by atoms with Crippen LogP contribution in [0.1, 0.15) is 19.0 Å². The molecule has 11 heavy (non-hydrogen) atoms. The number of rotatable bonds is 3.